The smallest absolute Gasteiger partial charge is 0.315 e. The van der Waals surface area contributed by atoms with Crippen molar-refractivity contribution in [1.29, 1.82) is 0 Å². The number of hydrogen-bond donors (Lipinski definition) is 4. The molecule has 0 aromatic rings. The van der Waals surface area contributed by atoms with Gasteiger partial charge in [0.05, 0.1) is 12.1 Å². The second-order valence-corrected chi connectivity index (χ2v) is 8.85. The second kappa shape index (κ2) is 10.5. The number of amides is 6. The summed E-state index contributed by atoms with van der Waals surface area (Å²) in [6, 6.07) is 0.285. The van der Waals surface area contributed by atoms with Gasteiger partial charge in [-0.25, -0.2) is 4.79 Å². The van der Waals surface area contributed by atoms with Crippen LogP contribution in [-0.4, -0.2) is 64.2 Å². The molecule has 0 spiro atoms. The normalized spacial score (nSPS) is 24.6. The topological polar surface area (TPSA) is 137 Å². The lowest BCUT2D eigenvalue weighted by molar-refractivity contribution is -0.136. The molecule has 11 heteroatoms. The number of hydrazine groups is 1. The molecule has 4 N–H and O–H groups in total. The van der Waals surface area contributed by atoms with E-state index in [1.807, 2.05) is 11.8 Å². The summed E-state index contributed by atoms with van der Waals surface area (Å²) in [6.07, 6.45) is 6.54. The number of carbonyl (C=O) groups excluding carboxylic acids is 5. The van der Waals surface area contributed by atoms with E-state index in [1.54, 1.807) is 0 Å². The molecule has 0 aromatic heterocycles. The number of thioether (sulfide) groups is 1. The highest BCUT2D eigenvalue weighted by Gasteiger charge is 2.42. The summed E-state index contributed by atoms with van der Waals surface area (Å²) in [5.74, 6) is -0.281. The summed E-state index contributed by atoms with van der Waals surface area (Å²) in [4.78, 5) is 59.0. The van der Waals surface area contributed by atoms with Gasteiger partial charge < -0.3 is 10.6 Å². The van der Waals surface area contributed by atoms with E-state index in [0.717, 1.165) is 23.5 Å². The molecule has 0 bridgehead atoms. The summed E-state index contributed by atoms with van der Waals surface area (Å²) in [6.45, 7) is 0.283. The van der Waals surface area contributed by atoms with Crippen LogP contribution in [0, 0.1) is 0 Å². The van der Waals surface area contributed by atoms with Crippen molar-refractivity contribution in [1.82, 2.24) is 26.4 Å². The average molecular weight is 438 g/mol. The number of rotatable bonds is 10. The van der Waals surface area contributed by atoms with Crippen molar-refractivity contribution in [3.63, 3.8) is 0 Å². The van der Waals surface area contributed by atoms with E-state index in [0.29, 0.717) is 30.9 Å². The predicted octanol–water partition coefficient (Wildman–Crippen LogP) is -0.0451. The Morgan fingerprint density at radius 1 is 0.967 bits per heavy atom. The van der Waals surface area contributed by atoms with Crippen LogP contribution in [0.4, 0.5) is 4.79 Å². The Balaban J connectivity index is 1.18. The SMILES string of the molecule is O=C(CCCC[C@H]1SC[C@H]2NC(=O)N[C@H]21)NNC(=O)CCCCN1C(=O)C=CC1=O. The zero-order chi connectivity index (χ0) is 21.5. The first-order valence-electron chi connectivity index (χ1n) is 10.2. The lowest BCUT2D eigenvalue weighted by Gasteiger charge is -2.16. The van der Waals surface area contributed by atoms with Gasteiger partial charge in [0.2, 0.25) is 11.8 Å². The molecule has 0 unspecified atom stereocenters. The van der Waals surface area contributed by atoms with Crippen molar-refractivity contribution < 1.29 is 24.0 Å². The molecule has 6 amide bonds. The highest BCUT2D eigenvalue weighted by molar-refractivity contribution is 8.00. The fourth-order valence-electron chi connectivity index (χ4n) is 3.75. The lowest BCUT2D eigenvalue weighted by atomic mass is 10.0. The fraction of sp³-hybridized carbons (Fsp3) is 0.632. The summed E-state index contributed by atoms with van der Waals surface area (Å²) in [7, 11) is 0. The van der Waals surface area contributed by atoms with Crippen LogP contribution in [0.25, 0.3) is 0 Å². The largest absolute Gasteiger partial charge is 0.332 e. The van der Waals surface area contributed by atoms with Crippen LogP contribution >= 0.6 is 11.8 Å². The highest BCUT2D eigenvalue weighted by atomic mass is 32.2. The maximum Gasteiger partial charge on any atom is 0.315 e. The molecule has 0 aromatic carbocycles. The number of fused-ring (bicyclic) bond motifs is 1. The van der Waals surface area contributed by atoms with Gasteiger partial charge in [-0.05, 0) is 25.7 Å². The fourth-order valence-corrected chi connectivity index (χ4v) is 5.29. The van der Waals surface area contributed by atoms with Gasteiger partial charge in [0.1, 0.15) is 0 Å². The van der Waals surface area contributed by atoms with Crippen LogP contribution in [0.1, 0.15) is 44.9 Å². The first kappa shape index (κ1) is 22.1. The summed E-state index contributed by atoms with van der Waals surface area (Å²) in [5.41, 5.74) is 4.80. The predicted molar refractivity (Wildman–Crippen MR) is 110 cm³/mol. The molecule has 0 aliphatic carbocycles. The number of unbranched alkanes of at least 4 members (excludes halogenated alkanes) is 2. The van der Waals surface area contributed by atoms with Crippen molar-refractivity contribution >= 4 is 41.4 Å². The number of carbonyl (C=O) groups is 5. The highest BCUT2D eigenvalue weighted by Crippen LogP contribution is 2.33. The minimum absolute atomic E-state index is 0.0968. The standard InChI is InChI=1S/C19H27N5O5S/c25-14(6-2-1-5-13-18-12(11-30-13)20-19(29)21-18)22-23-15(26)7-3-4-10-24-16(27)8-9-17(24)28/h8-9,12-13,18H,1-7,10-11H2,(H,22,25)(H,23,26)(H2,20,21,29)/t12-,13-,18-/m1/s1. The third-order valence-corrected chi connectivity index (χ3v) is 6.87. The van der Waals surface area contributed by atoms with Crippen LogP contribution in [-0.2, 0) is 19.2 Å². The number of hydrogen-bond acceptors (Lipinski definition) is 6. The van der Waals surface area contributed by atoms with Gasteiger partial charge in [0, 0.05) is 42.5 Å². The summed E-state index contributed by atoms with van der Waals surface area (Å²) >= 11 is 1.85. The van der Waals surface area contributed by atoms with E-state index < -0.39 is 0 Å². The van der Waals surface area contributed by atoms with Crippen LogP contribution in [0.3, 0.4) is 0 Å². The first-order valence-corrected chi connectivity index (χ1v) is 11.3. The number of imide groups is 1. The molecule has 3 aliphatic rings. The maximum atomic E-state index is 11.9. The lowest BCUT2D eigenvalue weighted by Crippen LogP contribution is -2.41. The zero-order valence-electron chi connectivity index (χ0n) is 16.6. The first-order chi connectivity index (χ1) is 14.4. The summed E-state index contributed by atoms with van der Waals surface area (Å²) in [5, 5.41) is 6.23. The van der Waals surface area contributed by atoms with Gasteiger partial charge in [-0.3, -0.25) is 34.9 Å². The Morgan fingerprint density at radius 2 is 1.60 bits per heavy atom. The molecule has 164 valence electrons. The Bertz CT molecular complexity index is 725. The molecule has 3 atom stereocenters. The number of nitrogens with one attached hydrogen (secondary N) is 4. The molecule has 3 heterocycles. The van der Waals surface area contributed by atoms with Gasteiger partial charge in [0.15, 0.2) is 0 Å². The Kier molecular flexibility index (Phi) is 7.72. The van der Waals surface area contributed by atoms with E-state index >= 15 is 0 Å². The monoisotopic (exact) mass is 437 g/mol. The zero-order valence-corrected chi connectivity index (χ0v) is 17.5. The molecular formula is C19H27N5O5S. The van der Waals surface area contributed by atoms with Crippen molar-refractivity contribution in [3.05, 3.63) is 12.2 Å². The second-order valence-electron chi connectivity index (χ2n) is 7.58. The minimum atomic E-state index is -0.326. The number of urea groups is 1. The Morgan fingerprint density at radius 3 is 2.27 bits per heavy atom. The van der Waals surface area contributed by atoms with E-state index in [2.05, 4.69) is 21.5 Å². The minimum Gasteiger partial charge on any atom is -0.332 e. The molecule has 30 heavy (non-hydrogen) atoms. The van der Waals surface area contributed by atoms with E-state index in [1.165, 1.54) is 12.2 Å². The summed E-state index contributed by atoms with van der Waals surface area (Å²) < 4.78 is 0. The van der Waals surface area contributed by atoms with E-state index in [-0.39, 0.29) is 54.7 Å². The molecule has 3 rings (SSSR count). The Hall–Kier alpha value is -2.56. The molecule has 3 aliphatic heterocycles. The quantitative estimate of drug-likeness (QED) is 0.164. The van der Waals surface area contributed by atoms with Crippen LogP contribution in [0.15, 0.2) is 12.2 Å². The average Bonchev–Trinajstić information content (AvgIpc) is 3.36. The Labute approximate surface area is 178 Å². The van der Waals surface area contributed by atoms with Gasteiger partial charge in [0.25, 0.3) is 11.8 Å². The number of nitrogens with zero attached hydrogens (tertiary/aromatic N) is 1. The molecule has 10 nitrogen and oxygen atoms in total. The molecule has 2 fully saturated rings. The van der Waals surface area contributed by atoms with Gasteiger partial charge >= 0.3 is 6.03 Å². The van der Waals surface area contributed by atoms with Crippen LogP contribution in [0.2, 0.25) is 0 Å². The van der Waals surface area contributed by atoms with Crippen molar-refractivity contribution in [2.24, 2.45) is 0 Å². The molecule has 0 radical (unpaired) electrons. The van der Waals surface area contributed by atoms with Crippen molar-refractivity contribution in [3.8, 4) is 0 Å². The molecular weight excluding hydrogens is 410 g/mol. The third-order valence-electron chi connectivity index (χ3n) is 5.36. The van der Waals surface area contributed by atoms with E-state index in [4.69, 9.17) is 0 Å². The van der Waals surface area contributed by atoms with Crippen molar-refractivity contribution in [2.75, 3.05) is 12.3 Å². The van der Waals surface area contributed by atoms with E-state index in [9.17, 15) is 24.0 Å². The van der Waals surface area contributed by atoms with Crippen LogP contribution < -0.4 is 21.5 Å². The molecule has 2 saturated heterocycles. The van der Waals surface area contributed by atoms with Gasteiger partial charge in [-0.15, -0.1) is 0 Å². The van der Waals surface area contributed by atoms with Gasteiger partial charge in [-0.1, -0.05) is 6.42 Å². The third kappa shape index (κ3) is 5.97. The molecule has 0 saturated carbocycles. The van der Waals surface area contributed by atoms with Gasteiger partial charge in [-0.2, -0.15) is 11.8 Å². The van der Waals surface area contributed by atoms with Crippen LogP contribution in [0.5, 0.6) is 0 Å². The van der Waals surface area contributed by atoms with Crippen molar-refractivity contribution in [2.45, 2.75) is 62.3 Å². The maximum absolute atomic E-state index is 11.9.